The molecule has 1 aromatic heterocycles. The Morgan fingerprint density at radius 1 is 1.00 bits per heavy atom. The monoisotopic (exact) mass is 351 g/mol. The van der Waals surface area contributed by atoms with Crippen molar-refractivity contribution in [2.45, 2.75) is 32.8 Å². The summed E-state index contributed by atoms with van der Waals surface area (Å²) in [5.74, 6) is 1.03. The van der Waals surface area contributed by atoms with Crippen LogP contribution in [-0.4, -0.2) is 22.3 Å². The zero-order valence-corrected chi connectivity index (χ0v) is 15.0. The number of benzene rings is 2. The molecule has 0 fully saturated rings. The van der Waals surface area contributed by atoms with Crippen LogP contribution in [0.1, 0.15) is 32.3 Å². The molecule has 0 aliphatic rings. The van der Waals surface area contributed by atoms with Gasteiger partial charge in [0.25, 0.3) is 5.91 Å². The number of anilines is 1. The summed E-state index contributed by atoms with van der Waals surface area (Å²) in [6, 6.07) is 17.1. The second-order valence-electron chi connectivity index (χ2n) is 6.30. The highest BCUT2D eigenvalue weighted by Gasteiger charge is 2.20. The molecule has 0 spiro atoms. The van der Waals surface area contributed by atoms with Gasteiger partial charge in [-0.05, 0) is 40.9 Å². The molecule has 3 aromatic rings. The van der Waals surface area contributed by atoms with E-state index in [4.69, 9.17) is 9.37 Å². The number of carbonyl (C=O) groups is 1. The predicted octanol–water partition coefficient (Wildman–Crippen LogP) is 4.27. The zero-order valence-electron chi connectivity index (χ0n) is 15.0. The smallest absolute Gasteiger partial charge is 0.266 e. The van der Waals surface area contributed by atoms with Crippen molar-refractivity contribution in [1.29, 1.82) is 0 Å². The lowest BCUT2D eigenvalue weighted by Crippen LogP contribution is -2.30. The first-order chi connectivity index (χ1) is 12.5. The average molecular weight is 351 g/mol. The highest BCUT2D eigenvalue weighted by atomic mass is 16.6. The summed E-state index contributed by atoms with van der Waals surface area (Å²) in [6.45, 7) is 5.94. The van der Waals surface area contributed by atoms with Crippen LogP contribution in [0, 0.1) is 0 Å². The van der Waals surface area contributed by atoms with Crippen molar-refractivity contribution < 1.29 is 14.2 Å². The third-order valence-corrected chi connectivity index (χ3v) is 4.01. The molecule has 2 aromatic carbocycles. The molecule has 0 aliphatic carbocycles. The Morgan fingerprint density at radius 3 is 2.35 bits per heavy atom. The molecule has 0 saturated carbocycles. The van der Waals surface area contributed by atoms with Crippen molar-refractivity contribution >= 4 is 11.7 Å². The van der Waals surface area contributed by atoms with Gasteiger partial charge in [0.05, 0.1) is 0 Å². The largest absolute Gasteiger partial charge is 0.481 e. The minimum atomic E-state index is -0.694. The number of nitrogens with one attached hydrogen (secondary N) is 1. The van der Waals surface area contributed by atoms with Gasteiger partial charge >= 0.3 is 0 Å². The van der Waals surface area contributed by atoms with Gasteiger partial charge in [0.2, 0.25) is 5.82 Å². The van der Waals surface area contributed by atoms with Gasteiger partial charge in [0, 0.05) is 5.56 Å². The summed E-state index contributed by atoms with van der Waals surface area (Å²) in [5.41, 5.74) is 2.50. The van der Waals surface area contributed by atoms with E-state index in [0.29, 0.717) is 17.4 Å². The van der Waals surface area contributed by atoms with Crippen LogP contribution in [0.4, 0.5) is 5.82 Å². The summed E-state index contributed by atoms with van der Waals surface area (Å²) >= 11 is 0. The Morgan fingerprint density at radius 2 is 1.69 bits per heavy atom. The van der Waals surface area contributed by atoms with Crippen LogP contribution in [0.25, 0.3) is 11.3 Å². The van der Waals surface area contributed by atoms with E-state index >= 15 is 0 Å². The van der Waals surface area contributed by atoms with E-state index in [1.165, 1.54) is 5.56 Å². The van der Waals surface area contributed by atoms with Gasteiger partial charge in [0.1, 0.15) is 5.75 Å². The molecule has 0 aliphatic heterocycles. The molecule has 0 radical (unpaired) electrons. The maximum absolute atomic E-state index is 12.4. The molecule has 6 heteroatoms. The molecule has 6 nitrogen and oxygen atoms in total. The number of rotatable bonds is 6. The molecule has 26 heavy (non-hydrogen) atoms. The van der Waals surface area contributed by atoms with Crippen LogP contribution in [-0.2, 0) is 4.79 Å². The Labute approximate surface area is 152 Å². The van der Waals surface area contributed by atoms with E-state index in [0.717, 1.165) is 5.56 Å². The van der Waals surface area contributed by atoms with Gasteiger partial charge in [-0.2, -0.15) is 0 Å². The van der Waals surface area contributed by atoms with Crippen molar-refractivity contribution in [3.63, 3.8) is 0 Å². The molecule has 0 unspecified atom stereocenters. The van der Waals surface area contributed by atoms with Gasteiger partial charge < -0.3 is 10.1 Å². The second kappa shape index (κ2) is 7.82. The quantitative estimate of drug-likeness (QED) is 0.718. The number of nitrogens with zero attached hydrogens (tertiary/aromatic N) is 2. The predicted molar refractivity (Wildman–Crippen MR) is 99.0 cm³/mol. The van der Waals surface area contributed by atoms with Crippen molar-refractivity contribution in [2.75, 3.05) is 5.32 Å². The summed E-state index contributed by atoms with van der Waals surface area (Å²) < 4.78 is 10.5. The van der Waals surface area contributed by atoms with Crippen LogP contribution in [0.5, 0.6) is 5.75 Å². The molecule has 1 amide bonds. The third-order valence-electron chi connectivity index (χ3n) is 4.01. The molecule has 0 bridgehead atoms. The molecule has 1 heterocycles. The van der Waals surface area contributed by atoms with Gasteiger partial charge in [-0.25, -0.2) is 4.63 Å². The number of amides is 1. The molecule has 1 atom stereocenters. The fraction of sp³-hybridized carbons (Fsp3) is 0.250. The van der Waals surface area contributed by atoms with E-state index in [2.05, 4.69) is 29.5 Å². The molecule has 134 valence electrons. The van der Waals surface area contributed by atoms with Crippen molar-refractivity contribution in [1.82, 2.24) is 10.3 Å². The van der Waals surface area contributed by atoms with Gasteiger partial charge in [-0.15, -0.1) is 0 Å². The summed E-state index contributed by atoms with van der Waals surface area (Å²) in [6.07, 6.45) is -0.694. The van der Waals surface area contributed by atoms with E-state index in [1.807, 2.05) is 54.6 Å². The molecule has 3 rings (SSSR count). The lowest BCUT2D eigenvalue weighted by Gasteiger charge is -2.14. The summed E-state index contributed by atoms with van der Waals surface area (Å²) in [5, 5.41) is 10.4. The zero-order chi connectivity index (χ0) is 18.5. The van der Waals surface area contributed by atoms with Crippen molar-refractivity contribution in [3.8, 4) is 17.0 Å². The van der Waals surface area contributed by atoms with E-state index in [1.54, 1.807) is 6.92 Å². The van der Waals surface area contributed by atoms with Crippen molar-refractivity contribution in [3.05, 3.63) is 60.2 Å². The summed E-state index contributed by atoms with van der Waals surface area (Å²) in [4.78, 5) is 12.4. The molecular formula is C20H21N3O3. The number of hydrogen-bond acceptors (Lipinski definition) is 5. The second-order valence-corrected chi connectivity index (χ2v) is 6.30. The Hall–Kier alpha value is -3.15. The first-order valence-corrected chi connectivity index (χ1v) is 8.50. The maximum atomic E-state index is 12.4. The first-order valence-electron chi connectivity index (χ1n) is 8.50. The van der Waals surface area contributed by atoms with Crippen LogP contribution >= 0.6 is 0 Å². The average Bonchev–Trinajstić information content (AvgIpc) is 3.11. The number of aromatic nitrogens is 2. The fourth-order valence-electron chi connectivity index (χ4n) is 2.46. The first kappa shape index (κ1) is 17.7. The van der Waals surface area contributed by atoms with Crippen LogP contribution in [0.3, 0.4) is 0 Å². The standard InChI is InChI=1S/C20H21N3O3/c1-13(2)15-9-11-17(12-10-15)25-14(3)20(24)21-19-18(22-26-23-19)16-7-5-4-6-8-16/h4-14H,1-3H3,(H,21,23,24)/t14-/m1/s1. The minimum Gasteiger partial charge on any atom is -0.481 e. The lowest BCUT2D eigenvalue weighted by atomic mass is 10.0. The number of ether oxygens (including phenoxy) is 1. The normalized spacial score (nSPS) is 12.0. The van der Waals surface area contributed by atoms with Crippen LogP contribution in [0.15, 0.2) is 59.2 Å². The molecular weight excluding hydrogens is 330 g/mol. The highest BCUT2D eigenvalue weighted by Crippen LogP contribution is 2.24. The van der Waals surface area contributed by atoms with Crippen LogP contribution < -0.4 is 10.1 Å². The summed E-state index contributed by atoms with van der Waals surface area (Å²) in [7, 11) is 0. The maximum Gasteiger partial charge on any atom is 0.266 e. The fourth-order valence-corrected chi connectivity index (χ4v) is 2.46. The Kier molecular flexibility index (Phi) is 5.31. The molecule has 0 saturated heterocycles. The lowest BCUT2D eigenvalue weighted by molar-refractivity contribution is -0.122. The topological polar surface area (TPSA) is 77.2 Å². The van der Waals surface area contributed by atoms with Crippen LogP contribution in [0.2, 0.25) is 0 Å². The SMILES string of the molecule is CC(C)c1ccc(O[C@H](C)C(=O)Nc2nonc2-c2ccccc2)cc1. The van der Waals surface area contributed by atoms with E-state index in [-0.39, 0.29) is 11.7 Å². The van der Waals surface area contributed by atoms with Gasteiger partial charge in [0.15, 0.2) is 11.8 Å². The number of hydrogen-bond donors (Lipinski definition) is 1. The van der Waals surface area contributed by atoms with E-state index < -0.39 is 6.10 Å². The number of carbonyl (C=O) groups excluding carboxylic acids is 1. The van der Waals surface area contributed by atoms with Gasteiger partial charge in [-0.1, -0.05) is 56.3 Å². The van der Waals surface area contributed by atoms with E-state index in [9.17, 15) is 4.79 Å². The minimum absolute atomic E-state index is 0.270. The highest BCUT2D eigenvalue weighted by molar-refractivity contribution is 5.95. The van der Waals surface area contributed by atoms with Crippen molar-refractivity contribution in [2.24, 2.45) is 0 Å². The Bertz CT molecular complexity index is 858. The third kappa shape index (κ3) is 4.08. The molecule has 1 N–H and O–H groups in total. The Balaban J connectivity index is 1.66. The van der Waals surface area contributed by atoms with Gasteiger partial charge in [-0.3, -0.25) is 4.79 Å².